The minimum atomic E-state index is -1.10. The molecule has 3 N–H and O–H groups in total. The number of aromatic amines is 1. The molecule has 1 aliphatic heterocycles. The van der Waals surface area contributed by atoms with Crippen molar-refractivity contribution in [2.24, 2.45) is 5.41 Å². The van der Waals surface area contributed by atoms with Gasteiger partial charge in [0, 0.05) is 5.56 Å². The highest BCUT2D eigenvalue weighted by molar-refractivity contribution is 5.97. The van der Waals surface area contributed by atoms with Crippen molar-refractivity contribution in [3.8, 4) is 0 Å². The third-order valence-corrected chi connectivity index (χ3v) is 3.93. The monoisotopic (exact) mass is 289 g/mol. The summed E-state index contributed by atoms with van der Waals surface area (Å²) in [7, 11) is 0. The second-order valence-corrected chi connectivity index (χ2v) is 5.40. The van der Waals surface area contributed by atoms with E-state index in [0.29, 0.717) is 5.56 Å². The minimum Gasteiger partial charge on any atom is -0.481 e. The predicted octanol–water partition coefficient (Wildman–Crippen LogP) is 0.782. The van der Waals surface area contributed by atoms with E-state index in [0.717, 1.165) is 11.0 Å². The van der Waals surface area contributed by atoms with Crippen LogP contribution in [0.2, 0.25) is 0 Å². The molecule has 2 heterocycles. The van der Waals surface area contributed by atoms with Crippen molar-refractivity contribution < 1.29 is 19.4 Å². The summed E-state index contributed by atoms with van der Waals surface area (Å²) < 4.78 is 5.22. The quantitative estimate of drug-likeness (QED) is 0.774. The van der Waals surface area contributed by atoms with Gasteiger partial charge in [-0.15, -0.1) is 0 Å². The van der Waals surface area contributed by atoms with E-state index >= 15 is 0 Å². The molecule has 21 heavy (non-hydrogen) atoms. The number of fused-ring (bicyclic) bond motifs is 1. The van der Waals surface area contributed by atoms with Crippen LogP contribution in [0, 0.1) is 5.41 Å². The number of aromatic nitrogens is 2. The fourth-order valence-electron chi connectivity index (χ4n) is 2.40. The minimum absolute atomic E-state index is 0.0901. The van der Waals surface area contributed by atoms with Gasteiger partial charge in [0.2, 0.25) is 0 Å². The molecule has 1 aliphatic rings. The number of carbonyl (C=O) groups excluding carboxylic acids is 1. The van der Waals surface area contributed by atoms with Crippen molar-refractivity contribution in [1.29, 1.82) is 0 Å². The molecule has 1 fully saturated rings. The normalized spacial score (nSPS) is 25.1. The summed E-state index contributed by atoms with van der Waals surface area (Å²) in [6, 6.07) is 4.53. The Bertz CT molecular complexity index is 711. The smallest absolute Gasteiger partial charge is 0.313 e. The third-order valence-electron chi connectivity index (χ3n) is 3.93. The number of hydrogen-bond acceptors (Lipinski definition) is 4. The van der Waals surface area contributed by atoms with Crippen LogP contribution in [-0.2, 0) is 9.53 Å². The molecule has 0 radical (unpaired) electrons. The van der Waals surface area contributed by atoms with E-state index in [9.17, 15) is 14.7 Å². The Morgan fingerprint density at radius 2 is 2.33 bits per heavy atom. The molecule has 1 amide bonds. The zero-order valence-corrected chi connectivity index (χ0v) is 11.4. The number of hydrogen-bond donors (Lipinski definition) is 3. The van der Waals surface area contributed by atoms with Crippen LogP contribution in [-0.4, -0.2) is 46.2 Å². The fourth-order valence-corrected chi connectivity index (χ4v) is 2.40. The molecule has 1 aromatic heterocycles. The molecular formula is C14H15N3O4. The average molecular weight is 289 g/mol. The topological polar surface area (TPSA) is 104 Å². The predicted molar refractivity (Wildman–Crippen MR) is 73.9 cm³/mol. The van der Waals surface area contributed by atoms with E-state index in [1.54, 1.807) is 31.5 Å². The summed E-state index contributed by atoms with van der Waals surface area (Å²) in [4.78, 5) is 30.6. The number of benzene rings is 1. The van der Waals surface area contributed by atoms with Crippen LogP contribution < -0.4 is 5.32 Å². The van der Waals surface area contributed by atoms with E-state index in [2.05, 4.69) is 15.3 Å². The summed E-state index contributed by atoms with van der Waals surface area (Å²) in [5.41, 5.74) is 0.872. The van der Waals surface area contributed by atoms with Gasteiger partial charge in [-0.1, -0.05) is 0 Å². The Hall–Kier alpha value is -2.41. The molecule has 0 saturated carbocycles. The molecule has 2 aromatic rings. The molecule has 7 heteroatoms. The number of rotatable bonds is 3. The first-order valence-corrected chi connectivity index (χ1v) is 6.56. The Morgan fingerprint density at radius 3 is 3.10 bits per heavy atom. The summed E-state index contributed by atoms with van der Waals surface area (Å²) >= 11 is 0. The molecular weight excluding hydrogens is 274 g/mol. The summed E-state index contributed by atoms with van der Waals surface area (Å²) in [5, 5.41) is 12.0. The largest absolute Gasteiger partial charge is 0.481 e. The number of carboxylic acid groups (broad SMARTS) is 1. The Labute approximate surface area is 120 Å². The average Bonchev–Trinajstić information content (AvgIpc) is 3.06. The summed E-state index contributed by atoms with van der Waals surface area (Å²) in [6.07, 6.45) is 1.55. The van der Waals surface area contributed by atoms with Crippen LogP contribution in [0.4, 0.5) is 0 Å². The van der Waals surface area contributed by atoms with Crippen molar-refractivity contribution in [3.63, 3.8) is 0 Å². The third kappa shape index (κ3) is 2.25. The molecule has 7 nitrogen and oxygen atoms in total. The highest BCUT2D eigenvalue weighted by Crippen LogP contribution is 2.29. The van der Waals surface area contributed by atoms with Crippen LogP contribution in [0.3, 0.4) is 0 Å². The van der Waals surface area contributed by atoms with Gasteiger partial charge in [-0.25, -0.2) is 4.98 Å². The summed E-state index contributed by atoms with van der Waals surface area (Å²) in [6.45, 7) is 1.86. The first-order chi connectivity index (χ1) is 10.0. The van der Waals surface area contributed by atoms with Crippen LogP contribution >= 0.6 is 0 Å². The van der Waals surface area contributed by atoms with Gasteiger partial charge in [0.15, 0.2) is 0 Å². The maximum atomic E-state index is 12.3. The maximum Gasteiger partial charge on any atom is 0.313 e. The fraction of sp³-hybridized carbons (Fsp3) is 0.357. The number of H-pyrrole nitrogens is 1. The molecule has 1 saturated heterocycles. The van der Waals surface area contributed by atoms with Crippen molar-refractivity contribution in [2.75, 3.05) is 13.2 Å². The molecule has 3 rings (SSSR count). The maximum absolute atomic E-state index is 12.3. The number of nitrogens with zero attached hydrogens (tertiary/aromatic N) is 1. The Morgan fingerprint density at radius 1 is 1.52 bits per heavy atom. The van der Waals surface area contributed by atoms with E-state index in [1.165, 1.54) is 0 Å². The Balaban J connectivity index is 1.81. The van der Waals surface area contributed by atoms with Gasteiger partial charge in [0.1, 0.15) is 5.41 Å². The number of nitrogens with one attached hydrogen (secondary N) is 2. The molecule has 1 aromatic carbocycles. The van der Waals surface area contributed by atoms with Crippen LogP contribution in [0.5, 0.6) is 0 Å². The van der Waals surface area contributed by atoms with Gasteiger partial charge < -0.3 is 20.1 Å². The van der Waals surface area contributed by atoms with Crippen LogP contribution in [0.1, 0.15) is 17.3 Å². The van der Waals surface area contributed by atoms with Gasteiger partial charge in [0.05, 0.1) is 36.6 Å². The number of aliphatic carboxylic acids is 1. The number of amides is 1. The van der Waals surface area contributed by atoms with Crippen LogP contribution in [0.15, 0.2) is 24.5 Å². The lowest BCUT2D eigenvalue weighted by molar-refractivity contribution is -0.148. The first kappa shape index (κ1) is 13.6. The van der Waals surface area contributed by atoms with Crippen molar-refractivity contribution in [3.05, 3.63) is 30.1 Å². The zero-order valence-electron chi connectivity index (χ0n) is 11.4. The van der Waals surface area contributed by atoms with Gasteiger partial charge in [-0.2, -0.15) is 0 Å². The van der Waals surface area contributed by atoms with Crippen molar-refractivity contribution in [2.45, 2.75) is 13.0 Å². The molecule has 2 atom stereocenters. The molecule has 0 aliphatic carbocycles. The number of ether oxygens (including phenoxy) is 1. The number of carbonyl (C=O) groups is 2. The Kier molecular flexibility index (Phi) is 3.13. The van der Waals surface area contributed by atoms with Gasteiger partial charge in [0.25, 0.3) is 5.91 Å². The van der Waals surface area contributed by atoms with E-state index in [1.807, 2.05) is 0 Å². The second-order valence-electron chi connectivity index (χ2n) is 5.40. The van der Waals surface area contributed by atoms with E-state index in [4.69, 9.17) is 4.74 Å². The molecule has 0 bridgehead atoms. The molecule has 110 valence electrons. The lowest BCUT2D eigenvalue weighted by Gasteiger charge is -2.25. The highest BCUT2D eigenvalue weighted by Gasteiger charge is 2.47. The van der Waals surface area contributed by atoms with E-state index < -0.39 is 17.4 Å². The standard InChI is InChI=1S/C14H15N3O4/c1-14(13(19)20)6-21-5-11(14)17-12(18)8-2-3-9-10(4-8)16-7-15-9/h2-4,7,11H,5-6H2,1H3,(H,15,16)(H,17,18)(H,19,20). The van der Waals surface area contributed by atoms with E-state index in [-0.39, 0.29) is 19.1 Å². The molecule has 0 spiro atoms. The van der Waals surface area contributed by atoms with Crippen LogP contribution in [0.25, 0.3) is 11.0 Å². The lowest BCUT2D eigenvalue weighted by Crippen LogP contribution is -2.49. The van der Waals surface area contributed by atoms with Gasteiger partial charge in [-0.05, 0) is 25.1 Å². The zero-order chi connectivity index (χ0) is 15.0. The lowest BCUT2D eigenvalue weighted by atomic mass is 9.85. The summed E-state index contributed by atoms with van der Waals surface area (Å²) in [5.74, 6) is -1.30. The van der Waals surface area contributed by atoms with Crippen molar-refractivity contribution >= 4 is 22.9 Å². The number of carboxylic acids is 1. The van der Waals surface area contributed by atoms with Gasteiger partial charge >= 0.3 is 5.97 Å². The van der Waals surface area contributed by atoms with Crippen molar-refractivity contribution in [1.82, 2.24) is 15.3 Å². The van der Waals surface area contributed by atoms with Gasteiger partial charge in [-0.3, -0.25) is 9.59 Å². The second kappa shape index (κ2) is 4.85. The highest BCUT2D eigenvalue weighted by atomic mass is 16.5. The molecule has 2 unspecified atom stereocenters. The first-order valence-electron chi connectivity index (χ1n) is 6.56. The SMILES string of the molecule is CC1(C(=O)O)COCC1NC(=O)c1ccc2nc[nH]c2c1. The number of imidazole rings is 1.